The van der Waals surface area contributed by atoms with Crippen molar-refractivity contribution >= 4 is 11.1 Å². The highest BCUT2D eigenvalue weighted by Gasteiger charge is 2.10. The van der Waals surface area contributed by atoms with Crippen LogP contribution in [0.2, 0.25) is 0 Å². The van der Waals surface area contributed by atoms with Crippen molar-refractivity contribution in [3.8, 4) is 0 Å². The van der Waals surface area contributed by atoms with Crippen LogP contribution in [-0.2, 0) is 13.5 Å². The number of oxazole rings is 1. The minimum Gasteiger partial charge on any atom is -0.408 e. The first-order valence-electron chi connectivity index (χ1n) is 6.24. The van der Waals surface area contributed by atoms with Crippen LogP contribution < -0.4 is 11.5 Å². The third-order valence-corrected chi connectivity index (χ3v) is 3.14. The second-order valence-electron chi connectivity index (χ2n) is 5.57. The third kappa shape index (κ3) is 2.82. The lowest BCUT2D eigenvalue weighted by Crippen LogP contribution is -2.31. The van der Waals surface area contributed by atoms with E-state index >= 15 is 0 Å². The Morgan fingerprint density at radius 3 is 2.78 bits per heavy atom. The molecule has 0 aliphatic rings. The van der Waals surface area contributed by atoms with E-state index in [1.165, 1.54) is 10.1 Å². The summed E-state index contributed by atoms with van der Waals surface area (Å²) in [5.41, 5.74) is 8.55. The van der Waals surface area contributed by atoms with Crippen LogP contribution in [0.25, 0.3) is 11.1 Å². The molecule has 1 heterocycles. The van der Waals surface area contributed by atoms with Gasteiger partial charge < -0.3 is 10.2 Å². The summed E-state index contributed by atoms with van der Waals surface area (Å²) in [5.74, 6) is -0.315. The van der Waals surface area contributed by atoms with E-state index in [2.05, 4.69) is 0 Å². The maximum Gasteiger partial charge on any atom is 0.419 e. The number of aromatic nitrogens is 1. The topological polar surface area (TPSA) is 61.2 Å². The van der Waals surface area contributed by atoms with Gasteiger partial charge in [-0.3, -0.25) is 4.57 Å². The average Bonchev–Trinajstić information content (AvgIpc) is 2.54. The van der Waals surface area contributed by atoms with Gasteiger partial charge >= 0.3 is 5.76 Å². The van der Waals surface area contributed by atoms with Crippen molar-refractivity contribution in [1.29, 1.82) is 0 Å². The quantitative estimate of drug-likeness (QED) is 0.902. The summed E-state index contributed by atoms with van der Waals surface area (Å²) in [7, 11) is 1.72. The van der Waals surface area contributed by atoms with Crippen molar-refractivity contribution in [2.45, 2.75) is 38.6 Å². The first-order valence-corrected chi connectivity index (χ1v) is 6.24. The molecule has 1 aromatic heterocycles. The highest BCUT2D eigenvalue weighted by Crippen LogP contribution is 2.17. The summed E-state index contributed by atoms with van der Waals surface area (Å²) in [4.78, 5) is 11.4. The Labute approximate surface area is 106 Å². The lowest BCUT2D eigenvalue weighted by molar-refractivity contribution is 0.459. The Morgan fingerprint density at radius 1 is 1.39 bits per heavy atom. The Kier molecular flexibility index (Phi) is 3.30. The lowest BCUT2D eigenvalue weighted by atomic mass is 9.97. The number of hydrogen-bond donors (Lipinski definition) is 1. The number of fused-ring (bicyclic) bond motifs is 1. The Bertz CT molecular complexity index is 602. The molecular formula is C14H20N2O2. The molecule has 2 N–H and O–H groups in total. The highest BCUT2D eigenvalue weighted by molar-refractivity contribution is 5.73. The minimum atomic E-state index is -0.315. The zero-order valence-electron chi connectivity index (χ0n) is 11.2. The second kappa shape index (κ2) is 4.61. The Morgan fingerprint density at radius 2 is 2.11 bits per heavy atom. The molecule has 1 aromatic carbocycles. The van der Waals surface area contributed by atoms with Gasteiger partial charge in [-0.2, -0.15) is 0 Å². The lowest BCUT2D eigenvalue weighted by Gasteiger charge is -2.17. The molecule has 2 rings (SSSR count). The number of aryl methyl sites for hydroxylation is 2. The van der Waals surface area contributed by atoms with Crippen LogP contribution in [0.15, 0.2) is 27.4 Å². The maximum atomic E-state index is 11.4. The molecule has 2 aromatic rings. The van der Waals surface area contributed by atoms with E-state index in [1.807, 2.05) is 32.0 Å². The molecule has 0 saturated heterocycles. The molecule has 0 spiro atoms. The van der Waals surface area contributed by atoms with Gasteiger partial charge in [0.2, 0.25) is 0 Å². The number of hydrogen-bond acceptors (Lipinski definition) is 3. The van der Waals surface area contributed by atoms with Crippen LogP contribution in [0.1, 0.15) is 32.3 Å². The van der Waals surface area contributed by atoms with Gasteiger partial charge in [0.15, 0.2) is 5.58 Å². The van der Waals surface area contributed by atoms with Crippen LogP contribution in [-0.4, -0.2) is 10.1 Å². The average molecular weight is 248 g/mol. The summed E-state index contributed by atoms with van der Waals surface area (Å²) in [6, 6.07) is 5.89. The SMILES string of the molecule is Cn1c(=O)oc2ccc(CCCC(C)(C)N)cc21. The van der Waals surface area contributed by atoms with Crippen molar-refractivity contribution in [1.82, 2.24) is 4.57 Å². The molecule has 0 amide bonds. The van der Waals surface area contributed by atoms with E-state index in [0.29, 0.717) is 5.58 Å². The fraction of sp³-hybridized carbons (Fsp3) is 0.500. The third-order valence-electron chi connectivity index (χ3n) is 3.14. The van der Waals surface area contributed by atoms with Crippen LogP contribution in [0.3, 0.4) is 0 Å². The van der Waals surface area contributed by atoms with Crippen LogP contribution in [0.4, 0.5) is 0 Å². The fourth-order valence-electron chi connectivity index (χ4n) is 2.08. The van der Waals surface area contributed by atoms with Crippen molar-refractivity contribution in [2.75, 3.05) is 0 Å². The summed E-state index contributed by atoms with van der Waals surface area (Å²) in [6.45, 7) is 4.08. The number of benzene rings is 1. The molecule has 0 radical (unpaired) electrons. The van der Waals surface area contributed by atoms with E-state index in [1.54, 1.807) is 7.05 Å². The molecule has 4 heteroatoms. The predicted octanol–water partition coefficient (Wildman–Crippen LogP) is 2.19. The molecule has 0 unspecified atom stereocenters. The van der Waals surface area contributed by atoms with Gasteiger partial charge in [0, 0.05) is 12.6 Å². The van der Waals surface area contributed by atoms with Crippen LogP contribution >= 0.6 is 0 Å². The molecule has 0 aliphatic heterocycles. The summed E-state index contributed by atoms with van der Waals surface area (Å²) in [6.07, 6.45) is 2.99. The van der Waals surface area contributed by atoms with Gasteiger partial charge in [-0.15, -0.1) is 0 Å². The molecule has 98 valence electrons. The van der Waals surface area contributed by atoms with E-state index in [4.69, 9.17) is 10.2 Å². The van der Waals surface area contributed by atoms with Gasteiger partial charge in [0.25, 0.3) is 0 Å². The molecular weight excluding hydrogens is 228 g/mol. The number of nitrogens with zero attached hydrogens (tertiary/aromatic N) is 1. The van der Waals surface area contributed by atoms with Crippen LogP contribution in [0.5, 0.6) is 0 Å². The largest absolute Gasteiger partial charge is 0.419 e. The molecule has 0 atom stereocenters. The number of nitrogens with two attached hydrogens (primary N) is 1. The summed E-state index contributed by atoms with van der Waals surface area (Å²) in [5, 5.41) is 0. The minimum absolute atomic E-state index is 0.118. The monoisotopic (exact) mass is 248 g/mol. The molecule has 18 heavy (non-hydrogen) atoms. The smallest absolute Gasteiger partial charge is 0.408 e. The molecule has 4 nitrogen and oxygen atoms in total. The van der Waals surface area contributed by atoms with E-state index in [9.17, 15) is 4.79 Å². The van der Waals surface area contributed by atoms with E-state index in [-0.39, 0.29) is 11.3 Å². The zero-order chi connectivity index (χ0) is 13.3. The van der Waals surface area contributed by atoms with Crippen molar-refractivity contribution in [3.05, 3.63) is 34.3 Å². The van der Waals surface area contributed by atoms with Crippen molar-refractivity contribution in [3.63, 3.8) is 0 Å². The van der Waals surface area contributed by atoms with Gasteiger partial charge in [-0.05, 0) is 50.8 Å². The predicted molar refractivity (Wildman–Crippen MR) is 72.7 cm³/mol. The van der Waals surface area contributed by atoms with Crippen molar-refractivity contribution in [2.24, 2.45) is 12.8 Å². The fourth-order valence-corrected chi connectivity index (χ4v) is 2.08. The molecule has 0 saturated carbocycles. The van der Waals surface area contributed by atoms with Crippen LogP contribution in [0, 0.1) is 0 Å². The van der Waals surface area contributed by atoms with Gasteiger partial charge in [0.1, 0.15) is 0 Å². The summed E-state index contributed by atoms with van der Waals surface area (Å²) < 4.78 is 6.63. The first kappa shape index (κ1) is 12.9. The van der Waals surface area contributed by atoms with Gasteiger partial charge in [0.05, 0.1) is 5.52 Å². The molecule has 0 bridgehead atoms. The zero-order valence-corrected chi connectivity index (χ0v) is 11.2. The first-order chi connectivity index (χ1) is 8.37. The highest BCUT2D eigenvalue weighted by atomic mass is 16.4. The number of rotatable bonds is 4. The van der Waals surface area contributed by atoms with Crippen molar-refractivity contribution < 1.29 is 4.42 Å². The van der Waals surface area contributed by atoms with E-state index < -0.39 is 0 Å². The summed E-state index contributed by atoms with van der Waals surface area (Å²) >= 11 is 0. The molecule has 0 aliphatic carbocycles. The Balaban J connectivity index is 2.15. The van der Waals surface area contributed by atoms with Gasteiger partial charge in [-0.1, -0.05) is 6.07 Å². The maximum absolute atomic E-state index is 11.4. The normalized spacial score (nSPS) is 12.2. The second-order valence-corrected chi connectivity index (χ2v) is 5.57. The van der Waals surface area contributed by atoms with Gasteiger partial charge in [-0.25, -0.2) is 4.79 Å². The standard InChI is InChI=1S/C14H20N2O2/c1-14(2,15)8-4-5-10-6-7-12-11(9-10)16(3)13(17)18-12/h6-7,9H,4-5,8,15H2,1-3H3. The Hall–Kier alpha value is -1.55. The van der Waals surface area contributed by atoms with E-state index in [0.717, 1.165) is 24.8 Å². The molecule has 0 fully saturated rings.